The Balaban J connectivity index is 1.91. The van der Waals surface area contributed by atoms with Crippen LogP contribution >= 0.6 is 12.2 Å². The van der Waals surface area contributed by atoms with Crippen molar-refractivity contribution in [2.75, 3.05) is 13.1 Å². The van der Waals surface area contributed by atoms with Crippen LogP contribution in [0.4, 0.5) is 0 Å². The maximum Gasteiger partial charge on any atom is 0.220 e. The number of carbonyl (C=O) groups is 1. The highest BCUT2D eigenvalue weighted by Gasteiger charge is 2.22. The Labute approximate surface area is 109 Å². The molecule has 17 heavy (non-hydrogen) atoms. The largest absolute Gasteiger partial charge is 0.363 e. The SMILES string of the molecule is CC(C)CNC(=S)NCCCC(=O)NC1CC1. The monoisotopic (exact) mass is 257 g/mol. The van der Waals surface area contributed by atoms with Gasteiger partial charge in [0.25, 0.3) is 0 Å². The summed E-state index contributed by atoms with van der Waals surface area (Å²) in [5.74, 6) is 0.745. The molecule has 1 aliphatic rings. The molecule has 0 aromatic heterocycles. The highest BCUT2D eigenvalue weighted by atomic mass is 32.1. The van der Waals surface area contributed by atoms with Gasteiger partial charge in [-0.05, 0) is 37.4 Å². The van der Waals surface area contributed by atoms with Gasteiger partial charge >= 0.3 is 0 Å². The molecule has 0 bridgehead atoms. The van der Waals surface area contributed by atoms with E-state index in [1.807, 2.05) is 0 Å². The lowest BCUT2D eigenvalue weighted by Gasteiger charge is -2.11. The van der Waals surface area contributed by atoms with Crippen LogP contribution in [0.15, 0.2) is 0 Å². The average Bonchev–Trinajstić information content (AvgIpc) is 3.05. The molecule has 1 fully saturated rings. The fraction of sp³-hybridized carbons (Fsp3) is 0.833. The molecule has 3 N–H and O–H groups in total. The van der Waals surface area contributed by atoms with Gasteiger partial charge in [0.2, 0.25) is 5.91 Å². The molecule has 1 saturated carbocycles. The number of hydrogen-bond donors (Lipinski definition) is 3. The van der Waals surface area contributed by atoms with Crippen LogP contribution in [-0.4, -0.2) is 30.2 Å². The van der Waals surface area contributed by atoms with Crippen LogP contribution in [0.25, 0.3) is 0 Å². The summed E-state index contributed by atoms with van der Waals surface area (Å²) in [6.45, 7) is 5.91. The van der Waals surface area contributed by atoms with Crippen molar-refractivity contribution in [3.63, 3.8) is 0 Å². The first kappa shape index (κ1) is 14.2. The van der Waals surface area contributed by atoms with Gasteiger partial charge < -0.3 is 16.0 Å². The molecule has 5 heteroatoms. The summed E-state index contributed by atoms with van der Waals surface area (Å²) in [5.41, 5.74) is 0. The molecule has 0 radical (unpaired) electrons. The van der Waals surface area contributed by atoms with Crippen molar-refractivity contribution in [3.05, 3.63) is 0 Å². The van der Waals surface area contributed by atoms with Gasteiger partial charge in [-0.15, -0.1) is 0 Å². The van der Waals surface area contributed by atoms with Crippen molar-refractivity contribution in [3.8, 4) is 0 Å². The molecule has 1 aliphatic carbocycles. The molecule has 0 aliphatic heterocycles. The van der Waals surface area contributed by atoms with Gasteiger partial charge in [0, 0.05) is 25.6 Å². The minimum absolute atomic E-state index is 0.162. The van der Waals surface area contributed by atoms with E-state index in [1.165, 1.54) is 0 Å². The Hall–Kier alpha value is -0.840. The minimum atomic E-state index is 0.162. The zero-order valence-corrected chi connectivity index (χ0v) is 11.5. The Morgan fingerprint density at radius 3 is 2.65 bits per heavy atom. The van der Waals surface area contributed by atoms with Crippen LogP contribution < -0.4 is 16.0 Å². The van der Waals surface area contributed by atoms with Crippen LogP contribution in [0.5, 0.6) is 0 Å². The molecule has 1 rings (SSSR count). The normalized spacial score (nSPS) is 14.5. The smallest absolute Gasteiger partial charge is 0.220 e. The predicted octanol–water partition coefficient (Wildman–Crippen LogP) is 1.17. The van der Waals surface area contributed by atoms with E-state index in [4.69, 9.17) is 12.2 Å². The Morgan fingerprint density at radius 1 is 1.35 bits per heavy atom. The van der Waals surface area contributed by atoms with Crippen LogP contribution in [0, 0.1) is 5.92 Å². The summed E-state index contributed by atoms with van der Waals surface area (Å²) in [7, 11) is 0. The van der Waals surface area contributed by atoms with Gasteiger partial charge in [-0.2, -0.15) is 0 Å². The molecular weight excluding hydrogens is 234 g/mol. The van der Waals surface area contributed by atoms with E-state index in [0.717, 1.165) is 32.4 Å². The number of thiocarbonyl (C=S) groups is 1. The molecule has 0 unspecified atom stereocenters. The highest BCUT2D eigenvalue weighted by molar-refractivity contribution is 7.80. The third kappa shape index (κ3) is 7.96. The van der Waals surface area contributed by atoms with E-state index in [0.29, 0.717) is 23.5 Å². The first-order valence-corrected chi connectivity index (χ1v) is 6.80. The van der Waals surface area contributed by atoms with Crippen LogP contribution in [-0.2, 0) is 4.79 Å². The van der Waals surface area contributed by atoms with E-state index < -0.39 is 0 Å². The third-order valence-corrected chi connectivity index (χ3v) is 2.77. The van der Waals surface area contributed by atoms with Crippen LogP contribution in [0.2, 0.25) is 0 Å². The molecular formula is C12H23N3OS. The van der Waals surface area contributed by atoms with Gasteiger partial charge in [0.1, 0.15) is 0 Å². The Morgan fingerprint density at radius 2 is 2.06 bits per heavy atom. The topological polar surface area (TPSA) is 53.2 Å². The number of rotatable bonds is 7. The Bertz CT molecular complexity index is 264. The average molecular weight is 257 g/mol. The maximum absolute atomic E-state index is 11.4. The van der Waals surface area contributed by atoms with Crippen LogP contribution in [0.3, 0.4) is 0 Å². The number of nitrogens with one attached hydrogen (secondary N) is 3. The summed E-state index contributed by atoms with van der Waals surface area (Å²) in [4.78, 5) is 11.4. The quantitative estimate of drug-likeness (QED) is 0.473. The first-order valence-electron chi connectivity index (χ1n) is 6.39. The number of amides is 1. The third-order valence-electron chi connectivity index (χ3n) is 2.48. The Kier molecular flexibility index (Phi) is 6.26. The van der Waals surface area contributed by atoms with E-state index >= 15 is 0 Å². The van der Waals surface area contributed by atoms with Gasteiger partial charge in [-0.3, -0.25) is 4.79 Å². The van der Waals surface area contributed by atoms with Gasteiger partial charge in [-0.25, -0.2) is 0 Å². The lowest BCUT2D eigenvalue weighted by atomic mass is 10.2. The van der Waals surface area contributed by atoms with Crippen molar-refractivity contribution in [2.24, 2.45) is 5.92 Å². The zero-order chi connectivity index (χ0) is 12.7. The van der Waals surface area contributed by atoms with E-state index in [9.17, 15) is 4.79 Å². The van der Waals surface area contributed by atoms with Crippen LogP contribution in [0.1, 0.15) is 39.5 Å². The van der Waals surface area contributed by atoms with E-state index in [-0.39, 0.29) is 5.91 Å². The zero-order valence-electron chi connectivity index (χ0n) is 10.7. The lowest BCUT2D eigenvalue weighted by molar-refractivity contribution is -0.121. The van der Waals surface area contributed by atoms with Crippen molar-refractivity contribution in [2.45, 2.75) is 45.6 Å². The second-order valence-corrected chi connectivity index (χ2v) is 5.38. The molecule has 1 amide bonds. The van der Waals surface area contributed by atoms with Crippen molar-refractivity contribution in [1.29, 1.82) is 0 Å². The van der Waals surface area contributed by atoms with Gasteiger partial charge in [0.05, 0.1) is 0 Å². The summed E-state index contributed by atoms with van der Waals surface area (Å²) in [6.07, 6.45) is 3.69. The van der Waals surface area contributed by atoms with Gasteiger partial charge in [-0.1, -0.05) is 13.8 Å². The highest BCUT2D eigenvalue weighted by Crippen LogP contribution is 2.18. The van der Waals surface area contributed by atoms with Gasteiger partial charge in [0.15, 0.2) is 5.11 Å². The maximum atomic E-state index is 11.4. The first-order chi connectivity index (χ1) is 8.08. The van der Waals surface area contributed by atoms with E-state index in [2.05, 4.69) is 29.8 Å². The predicted molar refractivity (Wildman–Crippen MR) is 73.8 cm³/mol. The fourth-order valence-electron chi connectivity index (χ4n) is 1.34. The molecule has 0 aromatic rings. The molecule has 0 saturated heterocycles. The van der Waals surface area contributed by atoms with Crippen molar-refractivity contribution >= 4 is 23.2 Å². The summed E-state index contributed by atoms with van der Waals surface area (Å²) >= 11 is 5.11. The van der Waals surface area contributed by atoms with E-state index in [1.54, 1.807) is 0 Å². The molecule has 0 heterocycles. The fourth-order valence-corrected chi connectivity index (χ4v) is 1.52. The van der Waals surface area contributed by atoms with Crippen molar-refractivity contribution < 1.29 is 4.79 Å². The molecule has 4 nitrogen and oxygen atoms in total. The number of hydrogen-bond acceptors (Lipinski definition) is 2. The standard InChI is InChI=1S/C12H23N3OS/c1-9(2)8-14-12(17)13-7-3-4-11(16)15-10-5-6-10/h9-10H,3-8H2,1-2H3,(H,15,16)(H2,13,14,17). The van der Waals surface area contributed by atoms with Crippen molar-refractivity contribution in [1.82, 2.24) is 16.0 Å². The minimum Gasteiger partial charge on any atom is -0.363 e. The second-order valence-electron chi connectivity index (χ2n) is 4.98. The molecule has 0 atom stereocenters. The second kappa shape index (κ2) is 7.48. The molecule has 0 spiro atoms. The molecule has 98 valence electrons. The summed E-state index contributed by atoms with van der Waals surface area (Å²) in [6, 6.07) is 0.462. The number of carbonyl (C=O) groups excluding carboxylic acids is 1. The summed E-state index contributed by atoms with van der Waals surface area (Å²) in [5, 5.41) is 9.88. The summed E-state index contributed by atoms with van der Waals surface area (Å²) < 4.78 is 0. The molecule has 0 aromatic carbocycles. The lowest BCUT2D eigenvalue weighted by Crippen LogP contribution is -2.38.